The Labute approximate surface area is 120 Å². The molecule has 7 heteroatoms. The van der Waals surface area contributed by atoms with Crippen molar-refractivity contribution in [3.63, 3.8) is 0 Å². The van der Waals surface area contributed by atoms with Gasteiger partial charge in [0.05, 0.1) is 18.7 Å². The summed E-state index contributed by atoms with van der Waals surface area (Å²) in [6.07, 6.45) is 1.68. The number of aromatic nitrogens is 4. The van der Waals surface area contributed by atoms with Crippen molar-refractivity contribution in [2.45, 2.75) is 0 Å². The van der Waals surface area contributed by atoms with Gasteiger partial charge in [-0.2, -0.15) is 15.1 Å². The minimum Gasteiger partial charge on any atom is -0.497 e. The molecule has 3 rings (SSSR count). The fourth-order valence-corrected chi connectivity index (χ4v) is 2.14. The van der Waals surface area contributed by atoms with E-state index in [2.05, 4.69) is 20.2 Å². The Morgan fingerprint density at radius 1 is 1.20 bits per heavy atom. The zero-order valence-corrected chi connectivity index (χ0v) is 11.7. The maximum absolute atomic E-state index is 5.94. The van der Waals surface area contributed by atoms with Crippen LogP contribution in [0.5, 0.6) is 5.75 Å². The van der Waals surface area contributed by atoms with Gasteiger partial charge in [0.15, 0.2) is 5.65 Å². The van der Waals surface area contributed by atoms with Gasteiger partial charge in [0.1, 0.15) is 11.6 Å². The zero-order valence-electron chi connectivity index (χ0n) is 11.0. The van der Waals surface area contributed by atoms with E-state index in [1.807, 2.05) is 36.2 Å². The summed E-state index contributed by atoms with van der Waals surface area (Å²) in [7, 11) is 3.55. The Hall–Kier alpha value is -2.34. The molecule has 0 fully saturated rings. The molecule has 1 N–H and O–H groups in total. The molecule has 1 aromatic carbocycles. The van der Waals surface area contributed by atoms with Crippen LogP contribution in [-0.2, 0) is 0 Å². The average molecular weight is 290 g/mol. The molecule has 0 radical (unpaired) electrons. The second kappa shape index (κ2) is 4.97. The van der Waals surface area contributed by atoms with Gasteiger partial charge in [-0.05, 0) is 35.9 Å². The third-order valence-electron chi connectivity index (χ3n) is 3.04. The third-order valence-corrected chi connectivity index (χ3v) is 3.21. The Kier molecular flexibility index (Phi) is 3.15. The van der Waals surface area contributed by atoms with Crippen molar-refractivity contribution in [2.75, 3.05) is 19.1 Å². The lowest BCUT2D eigenvalue weighted by Gasteiger charge is -2.19. The average Bonchev–Trinajstić information content (AvgIpc) is 2.94. The monoisotopic (exact) mass is 289 g/mol. The number of methoxy groups -OCH3 is 1. The number of nitrogens with one attached hydrogen (secondary N) is 1. The Bertz CT molecular complexity index is 740. The summed E-state index contributed by atoms with van der Waals surface area (Å²) < 4.78 is 5.15. The van der Waals surface area contributed by atoms with Gasteiger partial charge in [-0.15, -0.1) is 0 Å². The highest BCUT2D eigenvalue weighted by atomic mass is 35.5. The molecular formula is C13H12ClN5O. The van der Waals surface area contributed by atoms with Crippen molar-refractivity contribution < 1.29 is 4.74 Å². The molecular weight excluding hydrogens is 278 g/mol. The number of nitrogens with zero attached hydrogens (tertiary/aromatic N) is 4. The second-order valence-electron chi connectivity index (χ2n) is 4.21. The van der Waals surface area contributed by atoms with Gasteiger partial charge in [0, 0.05) is 12.7 Å². The van der Waals surface area contributed by atoms with E-state index >= 15 is 0 Å². The molecule has 0 bridgehead atoms. The number of hydrogen-bond donors (Lipinski definition) is 1. The van der Waals surface area contributed by atoms with Gasteiger partial charge in [-0.3, -0.25) is 5.10 Å². The Morgan fingerprint density at radius 3 is 2.65 bits per heavy atom. The van der Waals surface area contributed by atoms with Gasteiger partial charge < -0.3 is 9.64 Å². The molecule has 0 aliphatic rings. The topological polar surface area (TPSA) is 66.9 Å². The van der Waals surface area contributed by atoms with Crippen molar-refractivity contribution in [1.82, 2.24) is 20.2 Å². The normalized spacial score (nSPS) is 10.8. The molecule has 3 aromatic rings. The molecule has 0 aliphatic heterocycles. The molecule has 0 unspecified atom stereocenters. The van der Waals surface area contributed by atoms with Crippen molar-refractivity contribution in [2.24, 2.45) is 0 Å². The minimum atomic E-state index is 0.178. The van der Waals surface area contributed by atoms with E-state index in [1.165, 1.54) is 0 Å². The minimum absolute atomic E-state index is 0.178. The Morgan fingerprint density at radius 2 is 1.95 bits per heavy atom. The second-order valence-corrected chi connectivity index (χ2v) is 4.54. The number of ether oxygens (including phenoxy) is 1. The van der Waals surface area contributed by atoms with Crippen molar-refractivity contribution >= 4 is 34.1 Å². The number of aromatic amines is 1. The van der Waals surface area contributed by atoms with Crippen LogP contribution in [0.15, 0.2) is 30.5 Å². The smallest absolute Gasteiger partial charge is 0.226 e. The predicted octanol–water partition coefficient (Wildman–Crippen LogP) is 2.78. The predicted molar refractivity (Wildman–Crippen MR) is 77.8 cm³/mol. The lowest BCUT2D eigenvalue weighted by Crippen LogP contribution is -2.12. The summed E-state index contributed by atoms with van der Waals surface area (Å²) >= 11 is 5.94. The summed E-state index contributed by atoms with van der Waals surface area (Å²) in [6, 6.07) is 7.67. The molecule has 2 heterocycles. The molecule has 0 saturated carbocycles. The summed E-state index contributed by atoms with van der Waals surface area (Å²) in [5.41, 5.74) is 1.57. The molecule has 0 aliphatic carbocycles. The SMILES string of the molecule is COc1ccc(N(C)c2nc(Cl)nc3[nH]ncc23)cc1. The Balaban J connectivity index is 2.06. The molecule has 20 heavy (non-hydrogen) atoms. The lowest BCUT2D eigenvalue weighted by atomic mass is 10.2. The lowest BCUT2D eigenvalue weighted by molar-refractivity contribution is 0.415. The number of halogens is 1. The van der Waals surface area contributed by atoms with Crippen molar-refractivity contribution in [3.05, 3.63) is 35.7 Å². The maximum atomic E-state index is 5.94. The molecule has 0 amide bonds. The van der Waals surface area contributed by atoms with Crippen LogP contribution in [0.4, 0.5) is 11.5 Å². The van der Waals surface area contributed by atoms with Gasteiger partial charge in [0.2, 0.25) is 5.28 Å². The first-order valence-corrected chi connectivity index (χ1v) is 6.31. The van der Waals surface area contributed by atoms with Crippen LogP contribution >= 0.6 is 11.6 Å². The van der Waals surface area contributed by atoms with Crippen LogP contribution in [0.25, 0.3) is 11.0 Å². The van der Waals surface area contributed by atoms with Gasteiger partial charge >= 0.3 is 0 Å². The van der Waals surface area contributed by atoms with Gasteiger partial charge in [0.25, 0.3) is 0 Å². The van der Waals surface area contributed by atoms with E-state index in [4.69, 9.17) is 16.3 Å². The van der Waals surface area contributed by atoms with E-state index in [-0.39, 0.29) is 5.28 Å². The molecule has 2 aromatic heterocycles. The van der Waals surface area contributed by atoms with Crippen molar-refractivity contribution in [3.8, 4) is 5.75 Å². The highest BCUT2D eigenvalue weighted by Gasteiger charge is 2.13. The molecule has 6 nitrogen and oxygen atoms in total. The van der Waals surface area contributed by atoms with E-state index in [1.54, 1.807) is 13.3 Å². The van der Waals surface area contributed by atoms with Gasteiger partial charge in [-0.25, -0.2) is 0 Å². The molecule has 102 valence electrons. The van der Waals surface area contributed by atoms with E-state index in [9.17, 15) is 0 Å². The fourth-order valence-electron chi connectivity index (χ4n) is 1.98. The van der Waals surface area contributed by atoms with Crippen molar-refractivity contribution in [1.29, 1.82) is 0 Å². The standard InChI is InChI=1S/C13H12ClN5O/c1-19(8-3-5-9(20-2)6-4-8)12-10-7-15-18-11(10)16-13(14)17-12/h3-7H,1-2H3,(H,15,16,17,18). The van der Waals surface area contributed by atoms with Crippen LogP contribution < -0.4 is 9.64 Å². The molecule has 0 spiro atoms. The summed E-state index contributed by atoms with van der Waals surface area (Å²) in [6.45, 7) is 0. The van der Waals surface area contributed by atoms with Crippen LogP contribution in [0.1, 0.15) is 0 Å². The summed E-state index contributed by atoms with van der Waals surface area (Å²) in [5.74, 6) is 1.50. The quantitative estimate of drug-likeness (QED) is 0.751. The van der Waals surface area contributed by atoms with E-state index in [0.717, 1.165) is 16.8 Å². The third kappa shape index (κ3) is 2.14. The van der Waals surface area contributed by atoms with Gasteiger partial charge in [-0.1, -0.05) is 0 Å². The zero-order chi connectivity index (χ0) is 14.1. The number of H-pyrrole nitrogens is 1. The number of hydrogen-bond acceptors (Lipinski definition) is 5. The van der Waals surface area contributed by atoms with E-state index < -0.39 is 0 Å². The highest BCUT2D eigenvalue weighted by molar-refractivity contribution is 6.28. The molecule has 0 saturated heterocycles. The summed E-state index contributed by atoms with van der Waals surface area (Å²) in [5, 5.41) is 7.76. The maximum Gasteiger partial charge on any atom is 0.226 e. The van der Waals surface area contributed by atoms with E-state index in [0.29, 0.717) is 11.5 Å². The number of rotatable bonds is 3. The largest absolute Gasteiger partial charge is 0.497 e. The first-order chi connectivity index (χ1) is 9.69. The molecule has 0 atom stereocenters. The number of benzene rings is 1. The first-order valence-electron chi connectivity index (χ1n) is 5.93. The first kappa shape index (κ1) is 12.7. The highest BCUT2D eigenvalue weighted by Crippen LogP contribution is 2.29. The van der Waals surface area contributed by atoms with Crippen LogP contribution in [0.3, 0.4) is 0 Å². The van der Waals surface area contributed by atoms with Crippen LogP contribution in [0.2, 0.25) is 5.28 Å². The van der Waals surface area contributed by atoms with Crippen LogP contribution in [0, 0.1) is 0 Å². The number of anilines is 2. The summed E-state index contributed by atoms with van der Waals surface area (Å²) in [4.78, 5) is 10.3. The number of fused-ring (bicyclic) bond motifs is 1. The fraction of sp³-hybridized carbons (Fsp3) is 0.154. The van der Waals surface area contributed by atoms with Crippen LogP contribution in [-0.4, -0.2) is 34.3 Å².